The fourth-order valence-electron chi connectivity index (χ4n) is 3.60. The highest BCUT2D eigenvalue weighted by Crippen LogP contribution is 2.47. The first kappa shape index (κ1) is 14.9. The molecule has 4 rings (SSSR count). The normalized spacial score (nSPS) is 25.1. The lowest BCUT2D eigenvalue weighted by molar-refractivity contribution is -0.123. The molecule has 3 atom stereocenters. The Kier molecular flexibility index (Phi) is 3.40. The number of aryl methyl sites for hydroxylation is 1. The van der Waals surface area contributed by atoms with E-state index in [1.807, 2.05) is 19.4 Å². The third-order valence-corrected chi connectivity index (χ3v) is 4.98. The number of aromatic carboxylic acids is 1. The third-order valence-electron chi connectivity index (χ3n) is 4.98. The molecule has 24 heavy (non-hydrogen) atoms. The number of nitrogens with zero attached hydrogens (tertiary/aromatic N) is 3. The van der Waals surface area contributed by atoms with E-state index in [0.717, 1.165) is 29.7 Å². The first-order valence-electron chi connectivity index (χ1n) is 8.11. The van der Waals surface area contributed by atoms with Crippen LogP contribution in [0.15, 0.2) is 12.4 Å². The minimum absolute atomic E-state index is 0.0203. The van der Waals surface area contributed by atoms with E-state index in [-0.39, 0.29) is 29.5 Å². The predicted molar refractivity (Wildman–Crippen MR) is 83.6 cm³/mol. The van der Waals surface area contributed by atoms with Gasteiger partial charge < -0.3 is 10.4 Å². The molecule has 0 bridgehead atoms. The number of carbonyl (C=O) groups is 2. The maximum Gasteiger partial charge on any atom is 0.356 e. The van der Waals surface area contributed by atoms with Crippen molar-refractivity contribution < 1.29 is 14.7 Å². The van der Waals surface area contributed by atoms with Crippen LogP contribution in [0.5, 0.6) is 0 Å². The molecule has 0 spiro atoms. The van der Waals surface area contributed by atoms with Crippen LogP contribution in [0.2, 0.25) is 0 Å². The third kappa shape index (κ3) is 2.57. The highest BCUT2D eigenvalue weighted by atomic mass is 16.4. The molecule has 0 saturated heterocycles. The molecule has 1 fully saturated rings. The second-order valence-corrected chi connectivity index (χ2v) is 6.68. The van der Waals surface area contributed by atoms with Gasteiger partial charge >= 0.3 is 5.97 Å². The van der Waals surface area contributed by atoms with E-state index in [4.69, 9.17) is 5.11 Å². The summed E-state index contributed by atoms with van der Waals surface area (Å²) in [4.78, 5) is 23.5. The van der Waals surface area contributed by atoms with Gasteiger partial charge in [-0.05, 0) is 30.7 Å². The van der Waals surface area contributed by atoms with Gasteiger partial charge in [-0.3, -0.25) is 14.6 Å². The highest BCUT2D eigenvalue weighted by Gasteiger charge is 2.45. The summed E-state index contributed by atoms with van der Waals surface area (Å²) in [6.07, 6.45) is 6.61. The van der Waals surface area contributed by atoms with Crippen LogP contribution < -0.4 is 5.32 Å². The zero-order valence-corrected chi connectivity index (χ0v) is 13.3. The van der Waals surface area contributed by atoms with Crippen molar-refractivity contribution in [3.63, 3.8) is 0 Å². The number of nitrogens with one attached hydrogen (secondary N) is 2. The van der Waals surface area contributed by atoms with E-state index in [9.17, 15) is 9.59 Å². The molecule has 8 nitrogen and oxygen atoms in total. The summed E-state index contributed by atoms with van der Waals surface area (Å²) in [5.41, 5.74) is 2.81. The van der Waals surface area contributed by atoms with E-state index >= 15 is 0 Å². The molecule has 1 saturated carbocycles. The number of hydrogen-bond donors (Lipinski definition) is 3. The van der Waals surface area contributed by atoms with Crippen molar-refractivity contribution in [2.24, 2.45) is 13.0 Å². The summed E-state index contributed by atoms with van der Waals surface area (Å²) in [6, 6.07) is 0.0299. The van der Waals surface area contributed by atoms with Crippen molar-refractivity contribution in [1.29, 1.82) is 0 Å². The van der Waals surface area contributed by atoms with Gasteiger partial charge in [0.15, 0.2) is 5.69 Å². The van der Waals surface area contributed by atoms with Crippen molar-refractivity contribution in [3.05, 3.63) is 34.9 Å². The average Bonchev–Trinajstić information content (AvgIpc) is 3.04. The molecule has 0 aliphatic heterocycles. The Hall–Kier alpha value is -2.64. The Labute approximate surface area is 138 Å². The lowest BCUT2D eigenvalue weighted by Gasteiger charge is -2.23. The molecular formula is C16H19N5O3. The van der Waals surface area contributed by atoms with Crippen molar-refractivity contribution in [3.8, 4) is 0 Å². The molecule has 1 amide bonds. The fourth-order valence-corrected chi connectivity index (χ4v) is 3.60. The molecule has 1 unspecified atom stereocenters. The first-order chi connectivity index (χ1) is 11.5. The monoisotopic (exact) mass is 329 g/mol. The minimum atomic E-state index is -1.01. The van der Waals surface area contributed by atoms with Crippen molar-refractivity contribution >= 4 is 11.9 Å². The molecular weight excluding hydrogens is 310 g/mol. The van der Waals surface area contributed by atoms with Crippen LogP contribution in [-0.4, -0.2) is 43.0 Å². The first-order valence-corrected chi connectivity index (χ1v) is 8.11. The Morgan fingerprint density at radius 1 is 1.46 bits per heavy atom. The number of rotatable bonds is 4. The van der Waals surface area contributed by atoms with Crippen molar-refractivity contribution in [2.75, 3.05) is 0 Å². The van der Waals surface area contributed by atoms with Crippen LogP contribution in [-0.2, 0) is 24.7 Å². The molecule has 2 aromatic rings. The lowest BCUT2D eigenvalue weighted by atomic mass is 9.91. The quantitative estimate of drug-likeness (QED) is 0.761. The largest absolute Gasteiger partial charge is 0.476 e. The van der Waals surface area contributed by atoms with E-state index in [1.54, 1.807) is 4.68 Å². The van der Waals surface area contributed by atoms with Crippen molar-refractivity contribution in [1.82, 2.24) is 25.3 Å². The van der Waals surface area contributed by atoms with Gasteiger partial charge in [0.25, 0.3) is 0 Å². The van der Waals surface area contributed by atoms with Crippen LogP contribution in [0.1, 0.15) is 46.1 Å². The Morgan fingerprint density at radius 2 is 2.29 bits per heavy atom. The summed E-state index contributed by atoms with van der Waals surface area (Å²) in [6.45, 7) is 0. The number of aromatic amines is 1. The fraction of sp³-hybridized carbons (Fsp3) is 0.500. The SMILES string of the molecule is Cn1cc([C@@H]2C[C@H]2C(=O)NC2CCc3c(C(=O)O)n[nH]c3C2)cn1. The van der Waals surface area contributed by atoms with E-state index in [2.05, 4.69) is 20.6 Å². The van der Waals surface area contributed by atoms with Gasteiger partial charge in [-0.25, -0.2) is 4.79 Å². The van der Waals surface area contributed by atoms with Crippen molar-refractivity contribution in [2.45, 2.75) is 37.6 Å². The number of hydrogen-bond acceptors (Lipinski definition) is 4. The van der Waals surface area contributed by atoms with Crippen LogP contribution >= 0.6 is 0 Å². The highest BCUT2D eigenvalue weighted by molar-refractivity contribution is 5.87. The number of aromatic nitrogens is 4. The predicted octanol–water partition coefficient (Wildman–Crippen LogP) is 0.619. The molecule has 0 aromatic carbocycles. The van der Waals surface area contributed by atoms with E-state index in [0.29, 0.717) is 12.8 Å². The molecule has 2 aromatic heterocycles. The van der Waals surface area contributed by atoms with E-state index in [1.165, 1.54) is 0 Å². The topological polar surface area (TPSA) is 113 Å². The zero-order chi connectivity index (χ0) is 16.8. The van der Waals surface area contributed by atoms with Gasteiger partial charge in [0.2, 0.25) is 5.91 Å². The van der Waals surface area contributed by atoms with Gasteiger partial charge in [0.05, 0.1) is 6.20 Å². The summed E-state index contributed by atoms with van der Waals surface area (Å²) < 4.78 is 1.75. The number of amides is 1. The number of carboxylic acid groups (broad SMARTS) is 1. The summed E-state index contributed by atoms with van der Waals surface area (Å²) in [5.74, 6) is -0.641. The molecule has 126 valence electrons. The van der Waals surface area contributed by atoms with Gasteiger partial charge in [0.1, 0.15) is 0 Å². The second-order valence-electron chi connectivity index (χ2n) is 6.68. The van der Waals surface area contributed by atoms with E-state index < -0.39 is 5.97 Å². The Bertz CT molecular complexity index is 808. The Morgan fingerprint density at radius 3 is 3.00 bits per heavy atom. The molecule has 2 aliphatic carbocycles. The molecule has 2 aliphatic rings. The molecule has 2 heterocycles. The molecule has 0 radical (unpaired) electrons. The smallest absolute Gasteiger partial charge is 0.356 e. The van der Waals surface area contributed by atoms with Crippen LogP contribution in [0.25, 0.3) is 0 Å². The maximum absolute atomic E-state index is 12.4. The average molecular weight is 329 g/mol. The standard InChI is InChI=1S/C16H19N5O3/c1-21-7-8(6-17-21)11-5-12(11)15(22)18-9-2-3-10-13(4-9)19-20-14(10)16(23)24/h6-7,9,11-12H,2-5H2,1H3,(H,18,22)(H,19,20)(H,23,24)/t9?,11-,12+/m0/s1. The number of H-pyrrole nitrogens is 1. The lowest BCUT2D eigenvalue weighted by Crippen LogP contribution is -2.40. The van der Waals surface area contributed by atoms with Gasteiger partial charge in [-0.2, -0.15) is 10.2 Å². The minimum Gasteiger partial charge on any atom is -0.476 e. The Balaban J connectivity index is 1.37. The summed E-state index contributed by atoms with van der Waals surface area (Å²) >= 11 is 0. The molecule has 3 N–H and O–H groups in total. The maximum atomic E-state index is 12.4. The summed E-state index contributed by atoms with van der Waals surface area (Å²) in [5, 5.41) is 23.0. The zero-order valence-electron chi connectivity index (χ0n) is 13.3. The molecule has 8 heteroatoms. The van der Waals surface area contributed by atoms with Gasteiger partial charge in [-0.1, -0.05) is 0 Å². The summed E-state index contributed by atoms with van der Waals surface area (Å²) in [7, 11) is 1.87. The van der Waals surface area contributed by atoms with Gasteiger partial charge in [-0.15, -0.1) is 0 Å². The van der Waals surface area contributed by atoms with Crippen LogP contribution in [0.4, 0.5) is 0 Å². The van der Waals surface area contributed by atoms with Gasteiger partial charge in [0, 0.05) is 42.9 Å². The van der Waals surface area contributed by atoms with Crippen LogP contribution in [0.3, 0.4) is 0 Å². The number of carboxylic acids is 1. The number of carbonyl (C=O) groups excluding carboxylic acids is 1. The van der Waals surface area contributed by atoms with Crippen LogP contribution in [0, 0.1) is 5.92 Å². The number of fused-ring (bicyclic) bond motifs is 1. The second kappa shape index (κ2) is 5.47.